The van der Waals surface area contributed by atoms with Crippen molar-refractivity contribution >= 4 is 11.8 Å². The first-order chi connectivity index (χ1) is 11.0. The van der Waals surface area contributed by atoms with Crippen molar-refractivity contribution in [1.82, 2.24) is 15.1 Å². The van der Waals surface area contributed by atoms with Gasteiger partial charge in [-0.2, -0.15) is 0 Å². The number of rotatable bonds is 5. The van der Waals surface area contributed by atoms with E-state index >= 15 is 0 Å². The van der Waals surface area contributed by atoms with E-state index in [2.05, 4.69) is 5.32 Å². The van der Waals surface area contributed by atoms with E-state index in [-0.39, 0.29) is 30.7 Å². The first kappa shape index (κ1) is 17.2. The van der Waals surface area contributed by atoms with Gasteiger partial charge in [0.25, 0.3) is 0 Å². The molecule has 126 valence electrons. The highest BCUT2D eigenvalue weighted by molar-refractivity contribution is 5.88. The number of halogens is 1. The van der Waals surface area contributed by atoms with Crippen molar-refractivity contribution in [3.63, 3.8) is 0 Å². The van der Waals surface area contributed by atoms with Gasteiger partial charge in [-0.3, -0.25) is 9.59 Å². The second-order valence-electron chi connectivity index (χ2n) is 5.54. The summed E-state index contributed by atoms with van der Waals surface area (Å²) in [5.74, 6) is -0.300. The standard InChI is InChI=1S/C16H22FN3O3/c1-18-16(22)14-11-19(2)7-8-20(14)15(21)6-9-23-13-5-3-4-12(17)10-13/h3-5,10,14H,6-9,11H2,1-2H3,(H,18,22). The molecule has 0 spiro atoms. The number of amides is 2. The summed E-state index contributed by atoms with van der Waals surface area (Å²) < 4.78 is 18.4. The van der Waals surface area contributed by atoms with Crippen molar-refractivity contribution in [1.29, 1.82) is 0 Å². The van der Waals surface area contributed by atoms with E-state index in [9.17, 15) is 14.0 Å². The van der Waals surface area contributed by atoms with Gasteiger partial charge in [0, 0.05) is 32.7 Å². The minimum atomic E-state index is -0.486. The zero-order valence-corrected chi connectivity index (χ0v) is 13.4. The van der Waals surface area contributed by atoms with Crippen LogP contribution < -0.4 is 10.1 Å². The molecule has 1 aromatic carbocycles. The summed E-state index contributed by atoms with van der Waals surface area (Å²) in [6.45, 7) is 1.89. The first-order valence-electron chi connectivity index (χ1n) is 7.59. The molecule has 0 aliphatic carbocycles. The molecule has 1 aliphatic rings. The van der Waals surface area contributed by atoms with Crippen LogP contribution in [0.15, 0.2) is 24.3 Å². The fraction of sp³-hybridized carbons (Fsp3) is 0.500. The van der Waals surface area contributed by atoms with Crippen LogP contribution in [0.4, 0.5) is 4.39 Å². The number of hydrogen-bond donors (Lipinski definition) is 1. The normalized spacial score (nSPS) is 18.6. The van der Waals surface area contributed by atoms with Crippen molar-refractivity contribution < 1.29 is 18.7 Å². The van der Waals surface area contributed by atoms with Gasteiger partial charge >= 0.3 is 0 Å². The van der Waals surface area contributed by atoms with E-state index in [1.54, 1.807) is 24.1 Å². The van der Waals surface area contributed by atoms with E-state index in [4.69, 9.17) is 4.74 Å². The topological polar surface area (TPSA) is 61.9 Å². The van der Waals surface area contributed by atoms with E-state index in [1.165, 1.54) is 12.1 Å². The fourth-order valence-electron chi connectivity index (χ4n) is 2.57. The Labute approximate surface area is 135 Å². The number of piperazine rings is 1. The molecule has 1 fully saturated rings. The highest BCUT2D eigenvalue weighted by atomic mass is 19.1. The Hall–Kier alpha value is -2.15. The van der Waals surface area contributed by atoms with E-state index < -0.39 is 6.04 Å². The summed E-state index contributed by atoms with van der Waals surface area (Å²) in [4.78, 5) is 27.9. The third-order valence-electron chi connectivity index (χ3n) is 3.83. The number of nitrogens with one attached hydrogen (secondary N) is 1. The van der Waals surface area contributed by atoms with Gasteiger partial charge in [0.05, 0.1) is 13.0 Å². The average Bonchev–Trinajstić information content (AvgIpc) is 2.54. The molecule has 0 aromatic heterocycles. The van der Waals surface area contributed by atoms with Crippen LogP contribution in [-0.4, -0.2) is 68.0 Å². The van der Waals surface area contributed by atoms with Gasteiger partial charge in [0.2, 0.25) is 11.8 Å². The third-order valence-corrected chi connectivity index (χ3v) is 3.83. The summed E-state index contributed by atoms with van der Waals surface area (Å²) in [5.41, 5.74) is 0. The molecule has 1 aliphatic heterocycles. The molecular weight excluding hydrogens is 301 g/mol. The molecule has 6 nitrogen and oxygen atoms in total. The van der Waals surface area contributed by atoms with Crippen molar-refractivity contribution in [3.05, 3.63) is 30.1 Å². The van der Waals surface area contributed by atoms with Crippen LogP contribution in [0, 0.1) is 5.82 Å². The zero-order valence-electron chi connectivity index (χ0n) is 13.4. The third kappa shape index (κ3) is 4.66. The Balaban J connectivity index is 1.89. The maximum absolute atomic E-state index is 13.1. The maximum Gasteiger partial charge on any atom is 0.243 e. The van der Waals surface area contributed by atoms with Gasteiger partial charge < -0.3 is 19.9 Å². The van der Waals surface area contributed by atoms with Crippen molar-refractivity contribution in [3.8, 4) is 5.75 Å². The molecule has 1 N–H and O–H groups in total. The van der Waals surface area contributed by atoms with Crippen LogP contribution in [0.1, 0.15) is 6.42 Å². The van der Waals surface area contributed by atoms with Gasteiger partial charge in [-0.05, 0) is 19.2 Å². The number of benzene rings is 1. The summed E-state index contributed by atoms with van der Waals surface area (Å²) in [6, 6.07) is 5.30. The van der Waals surface area contributed by atoms with Crippen molar-refractivity contribution in [2.45, 2.75) is 12.5 Å². The summed E-state index contributed by atoms with van der Waals surface area (Å²) in [6.07, 6.45) is 0.147. The minimum absolute atomic E-state index is 0.136. The highest BCUT2D eigenvalue weighted by Crippen LogP contribution is 2.14. The predicted molar refractivity (Wildman–Crippen MR) is 83.6 cm³/mol. The summed E-state index contributed by atoms with van der Waals surface area (Å²) >= 11 is 0. The summed E-state index contributed by atoms with van der Waals surface area (Å²) in [5, 5.41) is 2.60. The monoisotopic (exact) mass is 323 g/mol. The molecule has 0 bridgehead atoms. The quantitative estimate of drug-likeness (QED) is 0.856. The Bertz CT molecular complexity index is 567. The van der Waals surface area contributed by atoms with Gasteiger partial charge in [-0.1, -0.05) is 6.07 Å². The molecule has 2 rings (SSSR count). The molecule has 2 amide bonds. The Morgan fingerprint density at radius 1 is 1.39 bits per heavy atom. The zero-order chi connectivity index (χ0) is 16.8. The van der Waals surface area contributed by atoms with E-state index in [0.29, 0.717) is 18.8 Å². The molecule has 23 heavy (non-hydrogen) atoms. The first-order valence-corrected chi connectivity index (χ1v) is 7.59. The molecule has 0 radical (unpaired) electrons. The van der Waals surface area contributed by atoms with Gasteiger partial charge in [0.15, 0.2) is 0 Å². The predicted octanol–water partition coefficient (Wildman–Crippen LogP) is 0.483. The lowest BCUT2D eigenvalue weighted by molar-refractivity contribution is -0.143. The Kier molecular flexibility index (Phi) is 5.92. The lowest BCUT2D eigenvalue weighted by atomic mass is 10.1. The smallest absolute Gasteiger partial charge is 0.243 e. The Morgan fingerprint density at radius 2 is 2.17 bits per heavy atom. The molecule has 7 heteroatoms. The number of hydrogen-bond acceptors (Lipinski definition) is 4. The Morgan fingerprint density at radius 3 is 2.87 bits per heavy atom. The van der Waals surface area contributed by atoms with Crippen LogP contribution in [-0.2, 0) is 9.59 Å². The molecule has 1 saturated heterocycles. The lowest BCUT2D eigenvalue weighted by Crippen LogP contribution is -2.59. The number of carbonyl (C=O) groups is 2. The number of ether oxygens (including phenoxy) is 1. The van der Waals surface area contributed by atoms with Crippen molar-refractivity contribution in [2.75, 3.05) is 40.3 Å². The molecule has 1 aromatic rings. The highest BCUT2D eigenvalue weighted by Gasteiger charge is 2.33. The van der Waals surface area contributed by atoms with Crippen LogP contribution >= 0.6 is 0 Å². The lowest BCUT2D eigenvalue weighted by Gasteiger charge is -2.38. The molecule has 1 unspecified atom stereocenters. The van der Waals surface area contributed by atoms with Crippen LogP contribution in [0.25, 0.3) is 0 Å². The number of nitrogens with zero attached hydrogens (tertiary/aromatic N) is 2. The van der Waals surface area contributed by atoms with E-state index in [0.717, 1.165) is 6.54 Å². The molecular formula is C16H22FN3O3. The van der Waals surface area contributed by atoms with Gasteiger partial charge in [-0.25, -0.2) is 4.39 Å². The SMILES string of the molecule is CNC(=O)C1CN(C)CCN1C(=O)CCOc1cccc(F)c1. The van der Waals surface area contributed by atoms with Crippen LogP contribution in [0.3, 0.4) is 0 Å². The number of likely N-dealkylation sites (N-methyl/N-ethyl adjacent to an activating group) is 2. The largest absolute Gasteiger partial charge is 0.493 e. The molecule has 0 saturated carbocycles. The number of carbonyl (C=O) groups excluding carboxylic acids is 2. The minimum Gasteiger partial charge on any atom is -0.493 e. The molecule has 1 atom stereocenters. The fourth-order valence-corrected chi connectivity index (χ4v) is 2.57. The van der Waals surface area contributed by atoms with Gasteiger partial charge in [-0.15, -0.1) is 0 Å². The summed E-state index contributed by atoms with van der Waals surface area (Å²) in [7, 11) is 3.48. The van der Waals surface area contributed by atoms with Crippen LogP contribution in [0.5, 0.6) is 5.75 Å². The van der Waals surface area contributed by atoms with E-state index in [1.807, 2.05) is 11.9 Å². The second-order valence-corrected chi connectivity index (χ2v) is 5.54. The van der Waals surface area contributed by atoms with Crippen molar-refractivity contribution in [2.24, 2.45) is 0 Å². The average molecular weight is 323 g/mol. The van der Waals surface area contributed by atoms with Crippen LogP contribution in [0.2, 0.25) is 0 Å². The van der Waals surface area contributed by atoms with Gasteiger partial charge in [0.1, 0.15) is 17.6 Å². The maximum atomic E-state index is 13.1. The molecule has 1 heterocycles. The second kappa shape index (κ2) is 7.92.